The molecule has 3 atom stereocenters. The lowest BCUT2D eigenvalue weighted by molar-refractivity contribution is 0.0308. The molecule has 1 aliphatic heterocycles. The highest BCUT2D eigenvalue weighted by atomic mass is 32.2. The topological polar surface area (TPSA) is 44.8 Å². The van der Waals surface area contributed by atoms with Crippen LogP contribution in [0.5, 0.6) is 11.5 Å². The van der Waals surface area contributed by atoms with Gasteiger partial charge in [-0.25, -0.2) is 4.79 Å². The first-order chi connectivity index (χ1) is 25.9. The van der Waals surface area contributed by atoms with Crippen molar-refractivity contribution in [1.29, 1.82) is 0 Å². The molecular weight excluding hydrogens is 749 g/mol. The van der Waals surface area contributed by atoms with E-state index in [0.717, 1.165) is 42.1 Å². The zero-order chi connectivity index (χ0) is 40.1. The summed E-state index contributed by atoms with van der Waals surface area (Å²) in [5.41, 5.74) is 1.44. The highest BCUT2D eigenvalue weighted by molar-refractivity contribution is 8.19. The van der Waals surface area contributed by atoms with E-state index in [1.807, 2.05) is 49.5 Å². The fourth-order valence-electron chi connectivity index (χ4n) is 7.38. The molecule has 1 heterocycles. The van der Waals surface area contributed by atoms with E-state index in [4.69, 9.17) is 13.6 Å². The first-order valence-electron chi connectivity index (χ1n) is 20.0. The van der Waals surface area contributed by atoms with E-state index < -0.39 is 16.6 Å². The monoisotopic (exact) mass is 812 g/mol. The Bertz CT molecular complexity index is 1780. The molecule has 0 spiro atoms. The molecule has 0 aromatic heterocycles. The molecule has 3 aromatic rings. The van der Waals surface area contributed by atoms with Gasteiger partial charge < -0.3 is 13.6 Å². The number of hydrogen-bond acceptors (Lipinski definition) is 6. The molecule has 4 nitrogen and oxygen atoms in total. The number of allylic oxidation sites excluding steroid dienone is 4. The number of rotatable bonds is 15. The Kier molecular flexibility index (Phi) is 13.9. The number of benzene rings is 3. The molecule has 0 unspecified atom stereocenters. The van der Waals surface area contributed by atoms with Crippen LogP contribution in [0, 0.1) is 11.8 Å². The first-order valence-corrected chi connectivity index (χ1v) is 26.8. The van der Waals surface area contributed by atoms with Gasteiger partial charge in [0.15, 0.2) is 0 Å². The fraction of sp³-hybridized carbons (Fsp3) is 0.468. The summed E-state index contributed by atoms with van der Waals surface area (Å²) in [4.78, 5) is 14.8. The fourth-order valence-corrected chi connectivity index (χ4v) is 16.0. The molecule has 0 amide bonds. The number of hydrogen-bond donors (Lipinski definition) is 0. The largest absolute Gasteiger partial charge is 0.543 e. The summed E-state index contributed by atoms with van der Waals surface area (Å²) in [6.07, 6.45) is 14.2. The van der Waals surface area contributed by atoms with E-state index in [1.54, 1.807) is 0 Å². The van der Waals surface area contributed by atoms with Crippen LogP contribution >= 0.6 is 23.5 Å². The molecule has 1 aliphatic carbocycles. The maximum atomic E-state index is 14.8. The SMILES string of the molecule is C=C[C@H]1C[C@@H]1C[C@H](C)OC(=O)c1c(CC2(/C=C/C=C\C)SCCCS2)cc(O[Si](c2ccccc2)(c2ccccc2)C(C)(C)C)cc1O[Si](C)(C)C(C)(C)C. The maximum absolute atomic E-state index is 14.8. The molecule has 3 aromatic carbocycles. The number of esters is 1. The maximum Gasteiger partial charge on any atom is 0.342 e. The zero-order valence-electron chi connectivity index (χ0n) is 34.9. The van der Waals surface area contributed by atoms with Crippen molar-refractivity contribution >= 4 is 56.5 Å². The molecule has 0 N–H and O–H groups in total. The summed E-state index contributed by atoms with van der Waals surface area (Å²) in [6, 6.07) is 25.7. The van der Waals surface area contributed by atoms with Crippen molar-refractivity contribution in [2.24, 2.45) is 11.8 Å². The van der Waals surface area contributed by atoms with E-state index in [-0.39, 0.29) is 26.2 Å². The van der Waals surface area contributed by atoms with Crippen LogP contribution < -0.4 is 19.2 Å². The standard InChI is InChI=1S/C47H64O4S2Si2/c1-12-14-21-27-47(52-28-22-29-53-47)34-38-32-39(50-55(46(7,8)9,40-23-17-15-18-24-40)41-25-19-16-20-26-41)33-42(51-54(10,11)45(4,5)6)43(38)44(48)49-35(3)30-37-31-36(37)13-2/h12-21,23-27,32-33,35-37H,2,22,28-31,34H2,1,3-11H3/b14-12-,27-21+/t35-,36-,37-/m0/s1. The Hall–Kier alpha value is -2.92. The Morgan fingerprint density at radius 1 is 0.909 bits per heavy atom. The molecule has 1 saturated carbocycles. The minimum Gasteiger partial charge on any atom is -0.543 e. The van der Waals surface area contributed by atoms with Crippen molar-refractivity contribution in [2.45, 2.75) is 114 Å². The van der Waals surface area contributed by atoms with Crippen LogP contribution in [0.25, 0.3) is 0 Å². The Morgan fingerprint density at radius 2 is 1.51 bits per heavy atom. The van der Waals surface area contributed by atoms with Gasteiger partial charge in [0.25, 0.3) is 8.32 Å². The van der Waals surface area contributed by atoms with Crippen LogP contribution in [0.2, 0.25) is 23.2 Å². The summed E-state index contributed by atoms with van der Waals surface area (Å²) in [5.74, 6) is 4.12. The van der Waals surface area contributed by atoms with E-state index in [1.165, 1.54) is 10.4 Å². The highest BCUT2D eigenvalue weighted by Gasteiger charge is 2.52. The van der Waals surface area contributed by atoms with Crippen LogP contribution in [-0.4, -0.2) is 44.3 Å². The molecule has 2 fully saturated rings. The van der Waals surface area contributed by atoms with E-state index >= 15 is 0 Å². The van der Waals surface area contributed by atoms with Crippen LogP contribution in [0.4, 0.5) is 0 Å². The second kappa shape index (κ2) is 17.7. The second-order valence-corrected chi connectivity index (χ2v) is 29.9. The van der Waals surface area contributed by atoms with Gasteiger partial charge in [-0.1, -0.05) is 133 Å². The van der Waals surface area contributed by atoms with Crippen LogP contribution in [0.3, 0.4) is 0 Å². The minimum atomic E-state index is -3.02. The van der Waals surface area contributed by atoms with Gasteiger partial charge in [0, 0.05) is 12.5 Å². The lowest BCUT2D eigenvalue weighted by atomic mass is 10.00. The van der Waals surface area contributed by atoms with Crippen molar-refractivity contribution in [3.05, 3.63) is 121 Å². The van der Waals surface area contributed by atoms with Crippen LogP contribution in [0.1, 0.15) is 90.6 Å². The van der Waals surface area contributed by atoms with Gasteiger partial charge in [0.2, 0.25) is 0 Å². The second-order valence-electron chi connectivity index (χ2n) is 17.9. The molecule has 2 aliphatic rings. The van der Waals surface area contributed by atoms with Crippen molar-refractivity contribution in [2.75, 3.05) is 11.5 Å². The highest BCUT2D eigenvalue weighted by Crippen LogP contribution is 2.49. The predicted octanol–water partition coefficient (Wildman–Crippen LogP) is 12.0. The average Bonchev–Trinajstić information content (AvgIpc) is 3.88. The summed E-state index contributed by atoms with van der Waals surface area (Å²) >= 11 is 3.93. The molecule has 8 heteroatoms. The smallest absolute Gasteiger partial charge is 0.342 e. The molecule has 5 rings (SSSR count). The third kappa shape index (κ3) is 10.2. The summed E-state index contributed by atoms with van der Waals surface area (Å²) in [5, 5.41) is 2.04. The van der Waals surface area contributed by atoms with Gasteiger partial charge >= 0.3 is 14.3 Å². The van der Waals surface area contributed by atoms with Gasteiger partial charge in [0.1, 0.15) is 17.1 Å². The van der Waals surface area contributed by atoms with Gasteiger partial charge in [-0.2, -0.15) is 0 Å². The molecule has 55 heavy (non-hydrogen) atoms. The number of ether oxygens (including phenoxy) is 1. The lowest BCUT2D eigenvalue weighted by Crippen LogP contribution is -2.68. The molecule has 1 saturated heterocycles. The third-order valence-electron chi connectivity index (χ3n) is 11.5. The van der Waals surface area contributed by atoms with Crippen molar-refractivity contribution in [3.8, 4) is 11.5 Å². The minimum absolute atomic E-state index is 0.103. The number of carbonyl (C=O) groups is 1. The molecule has 0 bridgehead atoms. The van der Waals surface area contributed by atoms with Crippen LogP contribution in [-0.2, 0) is 11.2 Å². The number of thioether (sulfide) groups is 2. The van der Waals surface area contributed by atoms with Gasteiger partial charge in [-0.3, -0.25) is 0 Å². The van der Waals surface area contributed by atoms with Crippen molar-refractivity contribution in [3.63, 3.8) is 0 Å². The third-order valence-corrected chi connectivity index (χ3v) is 24.0. The quantitative estimate of drug-likeness (QED) is 0.0659. The van der Waals surface area contributed by atoms with Crippen LogP contribution in [0.15, 0.2) is 110 Å². The normalized spacial score (nSPS) is 19.6. The first kappa shape index (κ1) is 43.2. The Labute approximate surface area is 343 Å². The summed E-state index contributed by atoms with van der Waals surface area (Å²) in [7, 11) is -5.48. The average molecular weight is 813 g/mol. The lowest BCUT2D eigenvalue weighted by Gasteiger charge is -2.43. The molecular formula is C47H64O4S2Si2. The summed E-state index contributed by atoms with van der Waals surface area (Å²) < 4.78 is 21.1. The summed E-state index contributed by atoms with van der Waals surface area (Å²) in [6.45, 7) is 26.2. The van der Waals surface area contributed by atoms with E-state index in [9.17, 15) is 4.79 Å². The van der Waals surface area contributed by atoms with E-state index in [2.05, 4.69) is 152 Å². The van der Waals surface area contributed by atoms with Crippen molar-refractivity contribution in [1.82, 2.24) is 0 Å². The van der Waals surface area contributed by atoms with Gasteiger partial charge in [-0.05, 0) is 102 Å². The molecule has 296 valence electrons. The Balaban J connectivity index is 1.76. The van der Waals surface area contributed by atoms with Gasteiger partial charge in [-0.15, -0.1) is 30.1 Å². The predicted molar refractivity (Wildman–Crippen MR) is 244 cm³/mol. The zero-order valence-corrected chi connectivity index (χ0v) is 38.6. The van der Waals surface area contributed by atoms with E-state index in [0.29, 0.717) is 29.6 Å². The Morgan fingerprint density at radius 3 is 2.02 bits per heavy atom. The van der Waals surface area contributed by atoms with Gasteiger partial charge in [0.05, 0.1) is 10.2 Å². The number of carbonyl (C=O) groups excluding carboxylic acids is 1. The molecule has 0 radical (unpaired) electrons. The van der Waals surface area contributed by atoms with Crippen molar-refractivity contribution < 1.29 is 18.4 Å².